The van der Waals surface area contributed by atoms with E-state index in [9.17, 15) is 15.0 Å². The number of aryl methyl sites for hydroxylation is 2. The largest absolute Gasteiger partial charge is 0.550 e. The topological polar surface area (TPSA) is 73.2 Å². The second kappa shape index (κ2) is 6.45. The van der Waals surface area contributed by atoms with Crippen molar-refractivity contribution in [2.75, 3.05) is 0 Å². The van der Waals surface area contributed by atoms with Crippen LogP contribution in [0.4, 0.5) is 0 Å². The molecule has 0 spiro atoms. The number of aromatic hydroxyl groups is 1. The number of para-hydroxylation sites is 1. The zero-order chi connectivity index (χ0) is 17.3. The molecule has 3 aromatic rings. The van der Waals surface area contributed by atoms with Crippen molar-refractivity contribution < 1.29 is 15.0 Å². The Morgan fingerprint density at radius 1 is 1.25 bits per heavy atom. The third-order valence-electron chi connectivity index (χ3n) is 3.76. The highest BCUT2D eigenvalue weighted by Gasteiger charge is 2.10. The van der Waals surface area contributed by atoms with Crippen LogP contribution in [0, 0.1) is 13.8 Å². The van der Waals surface area contributed by atoms with Gasteiger partial charge in [0.2, 0.25) is 0 Å². The van der Waals surface area contributed by atoms with Gasteiger partial charge in [0, 0.05) is 12.4 Å². The van der Waals surface area contributed by atoms with Gasteiger partial charge >= 0.3 is 0 Å². The standard InChI is InChI=1S/C19H17NO3S/c1-11-7-13(8-12(2)18(11)23)9-14(10-17(21)22)19-20-15-5-3-4-6-16(15)24-19/h3-9,23H,10H2,1-2H3,(H,21,22)/p-1/b14-9+. The summed E-state index contributed by atoms with van der Waals surface area (Å²) < 4.78 is 1.01. The molecule has 0 saturated carbocycles. The van der Waals surface area contributed by atoms with Crippen LogP contribution in [0.1, 0.15) is 28.1 Å². The molecule has 0 bridgehead atoms. The molecule has 0 amide bonds. The van der Waals surface area contributed by atoms with E-state index in [1.807, 2.05) is 50.2 Å². The molecule has 4 nitrogen and oxygen atoms in total. The summed E-state index contributed by atoms with van der Waals surface area (Å²) in [4.78, 5) is 15.7. The third-order valence-corrected chi connectivity index (χ3v) is 4.87. The summed E-state index contributed by atoms with van der Waals surface area (Å²) in [5, 5.41) is 21.7. The molecule has 0 saturated heterocycles. The minimum Gasteiger partial charge on any atom is -0.550 e. The molecule has 0 radical (unpaired) electrons. The smallest absolute Gasteiger partial charge is 0.121 e. The van der Waals surface area contributed by atoms with E-state index in [-0.39, 0.29) is 12.2 Å². The highest BCUT2D eigenvalue weighted by Crippen LogP contribution is 2.31. The Labute approximate surface area is 143 Å². The van der Waals surface area contributed by atoms with E-state index in [0.29, 0.717) is 10.6 Å². The number of carboxylic acid groups (broad SMARTS) is 1. The summed E-state index contributed by atoms with van der Waals surface area (Å²) in [7, 11) is 0. The molecule has 0 aliphatic rings. The number of aliphatic carboxylic acids is 1. The Morgan fingerprint density at radius 3 is 2.54 bits per heavy atom. The first-order chi connectivity index (χ1) is 11.4. The molecule has 1 aromatic heterocycles. The molecule has 0 aliphatic carbocycles. The fraction of sp³-hybridized carbons (Fsp3) is 0.158. The van der Waals surface area contributed by atoms with Crippen molar-refractivity contribution in [1.82, 2.24) is 4.98 Å². The zero-order valence-corrected chi connectivity index (χ0v) is 14.2. The van der Waals surface area contributed by atoms with Crippen molar-refractivity contribution in [3.05, 3.63) is 58.1 Å². The van der Waals surface area contributed by atoms with E-state index in [1.54, 1.807) is 6.08 Å². The van der Waals surface area contributed by atoms with E-state index in [2.05, 4.69) is 4.98 Å². The predicted octanol–water partition coefficient (Wildman–Crippen LogP) is 3.30. The lowest BCUT2D eigenvalue weighted by Gasteiger charge is -2.08. The molecular weight excluding hydrogens is 322 g/mol. The van der Waals surface area contributed by atoms with E-state index in [0.717, 1.165) is 26.9 Å². The Balaban J connectivity index is 2.10. The van der Waals surface area contributed by atoms with Gasteiger partial charge in [-0.3, -0.25) is 0 Å². The molecule has 1 N–H and O–H groups in total. The summed E-state index contributed by atoms with van der Waals surface area (Å²) in [5.41, 5.74) is 3.77. The molecule has 5 heteroatoms. The lowest BCUT2D eigenvalue weighted by molar-refractivity contribution is -0.304. The number of carboxylic acids is 1. The number of fused-ring (bicyclic) bond motifs is 1. The second-order valence-electron chi connectivity index (χ2n) is 5.71. The SMILES string of the molecule is Cc1cc(/C=C(\CC(=O)[O-])c2nc3ccccc3s2)cc(C)c1O. The van der Waals surface area contributed by atoms with Gasteiger partial charge in [-0.15, -0.1) is 11.3 Å². The van der Waals surface area contributed by atoms with Gasteiger partial charge in [0.1, 0.15) is 10.8 Å². The van der Waals surface area contributed by atoms with Gasteiger partial charge in [0.05, 0.1) is 10.2 Å². The fourth-order valence-electron chi connectivity index (χ4n) is 2.63. The maximum atomic E-state index is 11.2. The molecule has 1 heterocycles. The lowest BCUT2D eigenvalue weighted by atomic mass is 10.0. The minimum absolute atomic E-state index is 0.210. The maximum absolute atomic E-state index is 11.2. The van der Waals surface area contributed by atoms with Crippen LogP contribution in [0.2, 0.25) is 0 Å². The number of aromatic nitrogens is 1. The number of hydrogen-bond donors (Lipinski definition) is 1. The number of carbonyl (C=O) groups is 1. The number of rotatable bonds is 4. The van der Waals surface area contributed by atoms with Crippen molar-refractivity contribution in [3.8, 4) is 5.75 Å². The molecule has 2 aromatic carbocycles. The van der Waals surface area contributed by atoms with Crippen molar-refractivity contribution in [2.45, 2.75) is 20.3 Å². The van der Waals surface area contributed by atoms with Crippen LogP contribution < -0.4 is 5.11 Å². The van der Waals surface area contributed by atoms with Gasteiger partial charge in [-0.2, -0.15) is 0 Å². The molecule has 24 heavy (non-hydrogen) atoms. The molecule has 122 valence electrons. The van der Waals surface area contributed by atoms with Crippen LogP contribution in [-0.4, -0.2) is 16.1 Å². The van der Waals surface area contributed by atoms with E-state index in [1.165, 1.54) is 11.3 Å². The quantitative estimate of drug-likeness (QED) is 0.792. The van der Waals surface area contributed by atoms with Gasteiger partial charge in [0.15, 0.2) is 0 Å². The Bertz CT molecular complexity index is 900. The molecule has 0 aliphatic heterocycles. The number of carbonyl (C=O) groups excluding carboxylic acids is 1. The van der Waals surface area contributed by atoms with Crippen molar-refractivity contribution in [1.29, 1.82) is 0 Å². The number of phenols is 1. The molecule has 0 fully saturated rings. The Morgan fingerprint density at radius 2 is 1.92 bits per heavy atom. The average Bonchev–Trinajstić information content (AvgIpc) is 2.95. The van der Waals surface area contributed by atoms with Crippen LogP contribution >= 0.6 is 11.3 Å². The van der Waals surface area contributed by atoms with Crippen LogP contribution in [0.5, 0.6) is 5.75 Å². The van der Waals surface area contributed by atoms with Gasteiger partial charge in [-0.25, -0.2) is 4.98 Å². The first-order valence-electron chi connectivity index (χ1n) is 7.50. The molecule has 0 unspecified atom stereocenters. The Kier molecular flexibility index (Phi) is 4.36. The van der Waals surface area contributed by atoms with Gasteiger partial charge < -0.3 is 15.0 Å². The number of phenolic OH excluding ortho intramolecular Hbond substituents is 1. The minimum atomic E-state index is -1.15. The summed E-state index contributed by atoms with van der Waals surface area (Å²) in [6, 6.07) is 11.3. The summed E-state index contributed by atoms with van der Waals surface area (Å²) in [5.74, 6) is -0.888. The molecular formula is C19H16NO3S-. The van der Waals surface area contributed by atoms with E-state index < -0.39 is 5.97 Å². The normalized spacial score (nSPS) is 11.8. The van der Waals surface area contributed by atoms with E-state index in [4.69, 9.17) is 0 Å². The third kappa shape index (κ3) is 3.31. The summed E-state index contributed by atoms with van der Waals surface area (Å²) in [6.45, 7) is 3.63. The van der Waals surface area contributed by atoms with Crippen molar-refractivity contribution >= 4 is 39.2 Å². The van der Waals surface area contributed by atoms with Crippen LogP contribution in [0.3, 0.4) is 0 Å². The van der Waals surface area contributed by atoms with Gasteiger partial charge in [-0.1, -0.05) is 12.1 Å². The number of benzene rings is 2. The van der Waals surface area contributed by atoms with E-state index >= 15 is 0 Å². The molecule has 0 atom stereocenters. The Hall–Kier alpha value is -2.66. The highest BCUT2D eigenvalue weighted by atomic mass is 32.1. The number of hydrogen-bond acceptors (Lipinski definition) is 5. The average molecular weight is 338 g/mol. The zero-order valence-electron chi connectivity index (χ0n) is 13.4. The first kappa shape index (κ1) is 16.2. The number of thiazole rings is 1. The highest BCUT2D eigenvalue weighted by molar-refractivity contribution is 7.19. The summed E-state index contributed by atoms with van der Waals surface area (Å²) >= 11 is 1.46. The predicted molar refractivity (Wildman–Crippen MR) is 94.7 cm³/mol. The van der Waals surface area contributed by atoms with Crippen LogP contribution in [0.15, 0.2) is 36.4 Å². The van der Waals surface area contributed by atoms with Crippen molar-refractivity contribution in [2.24, 2.45) is 0 Å². The van der Waals surface area contributed by atoms with Crippen LogP contribution in [0.25, 0.3) is 21.9 Å². The van der Waals surface area contributed by atoms with Gasteiger partial charge in [-0.05, 0) is 66.5 Å². The fourth-order valence-corrected chi connectivity index (χ4v) is 3.61. The second-order valence-corrected chi connectivity index (χ2v) is 6.74. The van der Waals surface area contributed by atoms with Crippen LogP contribution in [-0.2, 0) is 4.79 Å². The lowest BCUT2D eigenvalue weighted by Crippen LogP contribution is -2.22. The molecule has 3 rings (SSSR count). The first-order valence-corrected chi connectivity index (χ1v) is 8.32. The monoisotopic (exact) mass is 338 g/mol. The van der Waals surface area contributed by atoms with Gasteiger partial charge in [0.25, 0.3) is 0 Å². The maximum Gasteiger partial charge on any atom is 0.121 e. The summed E-state index contributed by atoms with van der Waals surface area (Å²) in [6.07, 6.45) is 1.59. The number of nitrogens with zero attached hydrogens (tertiary/aromatic N) is 1. The van der Waals surface area contributed by atoms with Crippen molar-refractivity contribution in [3.63, 3.8) is 0 Å².